The summed E-state index contributed by atoms with van der Waals surface area (Å²) < 4.78 is 33.8. The van der Waals surface area contributed by atoms with E-state index in [0.717, 1.165) is 31.6 Å². The molecule has 2 heterocycles. The van der Waals surface area contributed by atoms with E-state index in [1.807, 2.05) is 0 Å². The first-order valence-electron chi connectivity index (χ1n) is 7.39. The molecule has 0 aliphatic carbocycles. The zero-order valence-corrected chi connectivity index (χ0v) is 13.4. The largest absolute Gasteiger partial charge is 0.360 e. The van der Waals surface area contributed by atoms with Crippen LogP contribution in [0.4, 0.5) is 0 Å². The van der Waals surface area contributed by atoms with Gasteiger partial charge in [-0.15, -0.1) is 0 Å². The molecular formula is C13H24N4O3S. The maximum atomic E-state index is 12.3. The normalized spacial score (nSPS) is 20.8. The first kappa shape index (κ1) is 16.4. The van der Waals surface area contributed by atoms with Crippen molar-refractivity contribution in [2.45, 2.75) is 33.2 Å². The highest BCUT2D eigenvalue weighted by atomic mass is 32.2. The Hall–Kier alpha value is -0.960. The highest BCUT2D eigenvalue weighted by Gasteiger charge is 2.28. The topological polar surface area (TPSA) is 87.5 Å². The van der Waals surface area contributed by atoms with Crippen LogP contribution >= 0.6 is 0 Å². The van der Waals surface area contributed by atoms with Crippen LogP contribution in [0.3, 0.4) is 0 Å². The molecule has 21 heavy (non-hydrogen) atoms. The van der Waals surface area contributed by atoms with Gasteiger partial charge in [0.15, 0.2) is 5.76 Å². The second kappa shape index (κ2) is 7.35. The second-order valence-electron chi connectivity index (χ2n) is 5.43. The van der Waals surface area contributed by atoms with Crippen LogP contribution in [0.5, 0.6) is 0 Å². The molecule has 2 rings (SSSR count). The minimum atomic E-state index is -3.46. The lowest BCUT2D eigenvalue weighted by Gasteiger charge is -2.31. The van der Waals surface area contributed by atoms with Crippen molar-refractivity contribution in [3.63, 3.8) is 0 Å². The molecule has 1 atom stereocenters. The Bertz CT molecular complexity index is 543. The number of nitrogens with one attached hydrogen (secondary N) is 2. The molecule has 1 aliphatic heterocycles. The van der Waals surface area contributed by atoms with Gasteiger partial charge in [-0.3, -0.25) is 0 Å². The molecule has 2 N–H and O–H groups in total. The molecule has 8 heteroatoms. The minimum absolute atomic E-state index is 0.136. The Morgan fingerprint density at radius 3 is 3.00 bits per heavy atom. The molecule has 1 fully saturated rings. The first-order chi connectivity index (χ1) is 10.0. The maximum absolute atomic E-state index is 12.3. The van der Waals surface area contributed by atoms with Crippen LogP contribution in [0.2, 0.25) is 0 Å². The van der Waals surface area contributed by atoms with Gasteiger partial charge in [-0.1, -0.05) is 12.1 Å². The van der Waals surface area contributed by atoms with Gasteiger partial charge in [0.05, 0.1) is 12.2 Å². The molecule has 0 amide bonds. The van der Waals surface area contributed by atoms with Gasteiger partial charge in [0.25, 0.3) is 10.2 Å². The van der Waals surface area contributed by atoms with Gasteiger partial charge >= 0.3 is 0 Å². The van der Waals surface area contributed by atoms with Gasteiger partial charge in [-0.25, -0.2) is 0 Å². The Balaban J connectivity index is 1.89. The van der Waals surface area contributed by atoms with Crippen LogP contribution in [-0.4, -0.2) is 44.1 Å². The Kier molecular flexibility index (Phi) is 5.74. The second-order valence-corrected chi connectivity index (χ2v) is 7.19. The van der Waals surface area contributed by atoms with E-state index in [0.29, 0.717) is 24.8 Å². The quantitative estimate of drug-likeness (QED) is 0.771. The Morgan fingerprint density at radius 1 is 1.52 bits per heavy atom. The van der Waals surface area contributed by atoms with Crippen LogP contribution in [-0.2, 0) is 16.8 Å². The lowest BCUT2D eigenvalue weighted by Crippen LogP contribution is -2.47. The predicted octanol–water partition coefficient (Wildman–Crippen LogP) is 0.639. The fourth-order valence-electron chi connectivity index (χ4n) is 2.51. The molecule has 1 saturated heterocycles. The van der Waals surface area contributed by atoms with Crippen LogP contribution in [0.1, 0.15) is 31.2 Å². The van der Waals surface area contributed by atoms with Crippen molar-refractivity contribution >= 4 is 10.2 Å². The number of aryl methyl sites for hydroxylation is 1. The molecule has 1 aromatic heterocycles. The summed E-state index contributed by atoms with van der Waals surface area (Å²) in [5, 5.41) is 7.03. The predicted molar refractivity (Wildman–Crippen MR) is 79.8 cm³/mol. The average molecular weight is 316 g/mol. The molecule has 0 spiro atoms. The number of aromatic nitrogens is 1. The van der Waals surface area contributed by atoms with Gasteiger partial charge in [-0.2, -0.15) is 17.4 Å². The van der Waals surface area contributed by atoms with Crippen LogP contribution in [0, 0.1) is 12.8 Å². The van der Waals surface area contributed by atoms with Gasteiger partial charge in [0.1, 0.15) is 0 Å². The Morgan fingerprint density at radius 2 is 2.33 bits per heavy atom. The van der Waals surface area contributed by atoms with Crippen molar-refractivity contribution < 1.29 is 12.9 Å². The lowest BCUT2D eigenvalue weighted by atomic mass is 10.00. The zero-order chi connectivity index (χ0) is 15.3. The van der Waals surface area contributed by atoms with Gasteiger partial charge in [0.2, 0.25) is 0 Å². The van der Waals surface area contributed by atoms with E-state index >= 15 is 0 Å². The molecule has 1 unspecified atom stereocenters. The van der Waals surface area contributed by atoms with Crippen molar-refractivity contribution in [3.05, 3.63) is 17.5 Å². The summed E-state index contributed by atoms with van der Waals surface area (Å²) in [5.41, 5.74) is 0.743. The van der Waals surface area contributed by atoms with E-state index in [2.05, 4.69) is 22.1 Å². The van der Waals surface area contributed by atoms with Crippen molar-refractivity contribution in [1.82, 2.24) is 19.5 Å². The van der Waals surface area contributed by atoms with Crippen LogP contribution < -0.4 is 10.0 Å². The van der Waals surface area contributed by atoms with Gasteiger partial charge < -0.3 is 9.84 Å². The summed E-state index contributed by atoms with van der Waals surface area (Å²) in [5.74, 6) is 0.903. The van der Waals surface area contributed by atoms with E-state index < -0.39 is 10.2 Å². The van der Waals surface area contributed by atoms with E-state index in [4.69, 9.17) is 4.52 Å². The molecule has 0 saturated carbocycles. The maximum Gasteiger partial charge on any atom is 0.279 e. The molecule has 7 nitrogen and oxygen atoms in total. The van der Waals surface area contributed by atoms with E-state index in [9.17, 15) is 8.42 Å². The highest BCUT2D eigenvalue weighted by Crippen LogP contribution is 2.18. The smallest absolute Gasteiger partial charge is 0.279 e. The van der Waals surface area contributed by atoms with Crippen molar-refractivity contribution in [1.29, 1.82) is 0 Å². The third kappa shape index (κ3) is 4.77. The monoisotopic (exact) mass is 316 g/mol. The van der Waals surface area contributed by atoms with E-state index in [-0.39, 0.29) is 6.54 Å². The summed E-state index contributed by atoms with van der Waals surface area (Å²) in [6.07, 6.45) is 1.97. The SMILES string of the molecule is CCNCC1CCCN(S(=O)(=O)NCc2cc(C)no2)C1. The summed E-state index contributed by atoms with van der Waals surface area (Å²) in [6.45, 7) is 6.91. The molecule has 0 radical (unpaired) electrons. The molecule has 1 aliphatic rings. The number of hydrogen-bond acceptors (Lipinski definition) is 5. The summed E-state index contributed by atoms with van der Waals surface area (Å²) in [7, 11) is -3.46. The molecule has 1 aromatic rings. The molecule has 0 aromatic carbocycles. The highest BCUT2D eigenvalue weighted by molar-refractivity contribution is 7.87. The fourth-order valence-corrected chi connectivity index (χ4v) is 3.80. The lowest BCUT2D eigenvalue weighted by molar-refractivity contribution is 0.258. The van der Waals surface area contributed by atoms with E-state index in [1.54, 1.807) is 13.0 Å². The van der Waals surface area contributed by atoms with E-state index in [1.165, 1.54) is 4.31 Å². The van der Waals surface area contributed by atoms with Crippen LogP contribution in [0.15, 0.2) is 10.6 Å². The van der Waals surface area contributed by atoms with Crippen molar-refractivity contribution in [3.8, 4) is 0 Å². The minimum Gasteiger partial charge on any atom is -0.360 e. The molecule has 120 valence electrons. The van der Waals surface area contributed by atoms with Crippen molar-refractivity contribution in [2.24, 2.45) is 5.92 Å². The number of piperidine rings is 1. The number of rotatable bonds is 7. The Labute approximate surface area is 126 Å². The average Bonchev–Trinajstić information content (AvgIpc) is 2.89. The third-order valence-electron chi connectivity index (χ3n) is 3.61. The van der Waals surface area contributed by atoms with Gasteiger partial charge in [0, 0.05) is 19.2 Å². The zero-order valence-electron chi connectivity index (χ0n) is 12.6. The van der Waals surface area contributed by atoms with Crippen molar-refractivity contribution in [2.75, 3.05) is 26.2 Å². The molecule has 0 bridgehead atoms. The third-order valence-corrected chi connectivity index (χ3v) is 5.13. The molecular weight excluding hydrogens is 292 g/mol. The first-order valence-corrected chi connectivity index (χ1v) is 8.83. The number of hydrogen-bond donors (Lipinski definition) is 2. The van der Waals surface area contributed by atoms with Crippen LogP contribution in [0.25, 0.3) is 0 Å². The summed E-state index contributed by atoms with van der Waals surface area (Å²) in [6, 6.07) is 1.73. The standard InChI is InChI=1S/C13H24N4O3S/c1-3-14-8-12-5-4-6-17(10-12)21(18,19)15-9-13-7-11(2)16-20-13/h7,12,14-15H,3-6,8-10H2,1-2H3. The summed E-state index contributed by atoms with van der Waals surface area (Å²) in [4.78, 5) is 0. The van der Waals surface area contributed by atoms with Gasteiger partial charge in [-0.05, 0) is 38.8 Å². The fraction of sp³-hybridized carbons (Fsp3) is 0.769. The summed E-state index contributed by atoms with van der Waals surface area (Å²) >= 11 is 0. The number of nitrogens with zero attached hydrogens (tertiary/aromatic N) is 2.